The van der Waals surface area contributed by atoms with Crippen molar-refractivity contribution in [3.05, 3.63) is 47.6 Å². The van der Waals surface area contributed by atoms with Gasteiger partial charge in [0.1, 0.15) is 0 Å². The molecule has 110 valence electrons. The van der Waals surface area contributed by atoms with Crippen molar-refractivity contribution in [2.24, 2.45) is 5.92 Å². The molecule has 0 radical (unpaired) electrons. The van der Waals surface area contributed by atoms with Gasteiger partial charge in [0.25, 0.3) is 0 Å². The summed E-state index contributed by atoms with van der Waals surface area (Å²) in [6.07, 6.45) is 6.91. The molecule has 0 bridgehead atoms. The summed E-state index contributed by atoms with van der Waals surface area (Å²) in [5.74, 6) is -0.255. The van der Waals surface area contributed by atoms with Crippen LogP contribution in [0.5, 0.6) is 0 Å². The molecule has 0 aromatic carbocycles. The van der Waals surface area contributed by atoms with Crippen LogP contribution in [0.2, 0.25) is 0 Å². The van der Waals surface area contributed by atoms with E-state index < -0.39 is 6.29 Å². The Morgan fingerprint density at radius 1 is 1.48 bits per heavy atom. The van der Waals surface area contributed by atoms with Crippen LogP contribution in [0.4, 0.5) is 0 Å². The molecule has 21 heavy (non-hydrogen) atoms. The third kappa shape index (κ3) is 2.45. The predicted octanol–water partition coefficient (Wildman–Crippen LogP) is 2.27. The maximum atomic E-state index is 12.0. The molecule has 1 heterocycles. The summed E-state index contributed by atoms with van der Waals surface area (Å²) in [7, 11) is 0. The first kappa shape index (κ1) is 14.2. The van der Waals surface area contributed by atoms with Crippen LogP contribution in [-0.2, 0) is 19.1 Å². The van der Waals surface area contributed by atoms with E-state index in [1.54, 1.807) is 18.2 Å². The van der Waals surface area contributed by atoms with Crippen LogP contribution in [0, 0.1) is 5.92 Å². The summed E-state index contributed by atoms with van der Waals surface area (Å²) < 4.78 is 11.5. The van der Waals surface area contributed by atoms with E-state index in [4.69, 9.17) is 9.47 Å². The minimum Gasteiger partial charge on any atom is -0.347 e. The average Bonchev–Trinajstić information content (AvgIpc) is 2.98. The molecule has 0 N–H and O–H groups in total. The van der Waals surface area contributed by atoms with Crippen LogP contribution < -0.4 is 0 Å². The minimum atomic E-state index is -0.593. The summed E-state index contributed by atoms with van der Waals surface area (Å²) in [4.78, 5) is 24.0. The van der Waals surface area contributed by atoms with Crippen LogP contribution in [-0.4, -0.2) is 30.6 Å². The van der Waals surface area contributed by atoms with Gasteiger partial charge >= 0.3 is 0 Å². The van der Waals surface area contributed by atoms with Crippen molar-refractivity contribution in [1.29, 1.82) is 0 Å². The molecule has 2 unspecified atom stereocenters. The van der Waals surface area contributed by atoms with Crippen LogP contribution in [0.3, 0.4) is 0 Å². The highest BCUT2D eigenvalue weighted by Crippen LogP contribution is 2.35. The van der Waals surface area contributed by atoms with E-state index >= 15 is 0 Å². The van der Waals surface area contributed by atoms with Crippen molar-refractivity contribution >= 4 is 11.6 Å². The molecular formula is C17H18O4. The lowest BCUT2D eigenvalue weighted by Crippen LogP contribution is -2.31. The number of hydrogen-bond donors (Lipinski definition) is 0. The number of hydrogen-bond acceptors (Lipinski definition) is 4. The number of Topliss-reactive ketones (excluding diaryl/α,β-unsaturated/α-hetero) is 1. The fourth-order valence-corrected chi connectivity index (χ4v) is 3.09. The van der Waals surface area contributed by atoms with E-state index in [0.29, 0.717) is 19.4 Å². The zero-order valence-electron chi connectivity index (χ0n) is 12.0. The Morgan fingerprint density at radius 2 is 2.29 bits per heavy atom. The first-order chi connectivity index (χ1) is 10.1. The Balaban J connectivity index is 1.75. The Kier molecular flexibility index (Phi) is 3.74. The molecule has 0 amide bonds. The van der Waals surface area contributed by atoms with E-state index in [1.807, 2.05) is 13.0 Å². The van der Waals surface area contributed by atoms with Crippen LogP contribution in [0.25, 0.3) is 0 Å². The van der Waals surface area contributed by atoms with Gasteiger partial charge in [0.05, 0.1) is 18.6 Å². The third-order valence-electron chi connectivity index (χ3n) is 4.28. The van der Waals surface area contributed by atoms with Crippen molar-refractivity contribution in [3.8, 4) is 0 Å². The highest BCUT2D eigenvalue weighted by molar-refractivity contribution is 5.99. The first-order valence-electron chi connectivity index (χ1n) is 7.13. The van der Waals surface area contributed by atoms with Crippen molar-refractivity contribution in [3.63, 3.8) is 0 Å². The molecular weight excluding hydrogens is 268 g/mol. The number of allylic oxidation sites excluding steroid dienone is 5. The first-order valence-corrected chi connectivity index (χ1v) is 7.13. The van der Waals surface area contributed by atoms with Gasteiger partial charge in [-0.05, 0) is 30.6 Å². The van der Waals surface area contributed by atoms with Crippen LogP contribution in [0.1, 0.15) is 19.8 Å². The van der Waals surface area contributed by atoms with Crippen molar-refractivity contribution in [1.82, 2.24) is 0 Å². The maximum Gasteiger partial charge on any atom is 0.172 e. The largest absolute Gasteiger partial charge is 0.347 e. The lowest BCUT2D eigenvalue weighted by molar-refractivity contribution is -0.160. The van der Waals surface area contributed by atoms with Gasteiger partial charge in [-0.15, -0.1) is 6.58 Å². The van der Waals surface area contributed by atoms with Gasteiger partial charge in [-0.25, -0.2) is 0 Å². The van der Waals surface area contributed by atoms with Gasteiger partial charge < -0.3 is 9.47 Å². The van der Waals surface area contributed by atoms with E-state index in [-0.39, 0.29) is 23.6 Å². The van der Waals surface area contributed by atoms with Crippen molar-refractivity contribution < 1.29 is 19.1 Å². The Labute approximate surface area is 123 Å². The standard InChI is InChI=1S/C17H18O4/c1-3-5-12-10(2)15(8-14(12)19)21-17-16-11(9-20-17)6-4-7-13(16)18/h3-4,6-7,15-17H,1,5,8-9H2,2H3/t15-,16?,17?/m1/s1. The zero-order valence-corrected chi connectivity index (χ0v) is 12.0. The molecule has 0 aromatic heterocycles. The van der Waals surface area contributed by atoms with Gasteiger partial charge in [-0.2, -0.15) is 0 Å². The molecule has 0 aromatic rings. The summed E-state index contributed by atoms with van der Waals surface area (Å²) in [6, 6.07) is 0. The molecule has 0 spiro atoms. The maximum absolute atomic E-state index is 12.0. The number of fused-ring (bicyclic) bond motifs is 1. The topological polar surface area (TPSA) is 52.6 Å². The molecule has 3 atom stereocenters. The molecule has 3 rings (SSSR count). The lowest BCUT2D eigenvalue weighted by Gasteiger charge is -2.23. The second-order valence-electron chi connectivity index (χ2n) is 5.57. The molecule has 2 aliphatic carbocycles. The molecule has 4 nitrogen and oxygen atoms in total. The predicted molar refractivity (Wildman–Crippen MR) is 77.5 cm³/mol. The van der Waals surface area contributed by atoms with E-state index in [0.717, 1.165) is 16.7 Å². The number of carbonyl (C=O) groups is 2. The summed E-state index contributed by atoms with van der Waals surface area (Å²) >= 11 is 0. The van der Waals surface area contributed by atoms with Crippen molar-refractivity contribution in [2.75, 3.05) is 6.61 Å². The van der Waals surface area contributed by atoms with E-state index in [9.17, 15) is 9.59 Å². The molecule has 0 saturated carbocycles. The molecule has 1 saturated heterocycles. The Morgan fingerprint density at radius 3 is 3.05 bits per heavy atom. The van der Waals surface area contributed by atoms with Gasteiger partial charge in [-0.3, -0.25) is 9.59 Å². The fourth-order valence-electron chi connectivity index (χ4n) is 3.09. The number of ether oxygens (including phenoxy) is 2. The normalized spacial score (nSPS) is 31.7. The van der Waals surface area contributed by atoms with Crippen LogP contribution >= 0.6 is 0 Å². The van der Waals surface area contributed by atoms with Crippen molar-refractivity contribution in [2.45, 2.75) is 32.2 Å². The number of rotatable bonds is 4. The Hall–Kier alpha value is -1.78. The minimum absolute atomic E-state index is 0.00673. The van der Waals surface area contributed by atoms with Crippen LogP contribution in [0.15, 0.2) is 47.6 Å². The van der Waals surface area contributed by atoms with Gasteiger partial charge in [0.15, 0.2) is 17.9 Å². The highest BCUT2D eigenvalue weighted by Gasteiger charge is 2.42. The van der Waals surface area contributed by atoms with Gasteiger partial charge in [-0.1, -0.05) is 18.2 Å². The average molecular weight is 286 g/mol. The third-order valence-corrected chi connectivity index (χ3v) is 4.28. The summed E-state index contributed by atoms with van der Waals surface area (Å²) in [6.45, 7) is 5.99. The van der Waals surface area contributed by atoms with E-state index in [1.165, 1.54) is 0 Å². The van der Waals surface area contributed by atoms with Gasteiger partial charge in [0, 0.05) is 12.0 Å². The SMILES string of the molecule is C=CCC1=C(C)[C@H](OC2OCC3=CC=CC(=O)C32)CC1=O. The second kappa shape index (κ2) is 5.54. The fraction of sp³-hybridized carbons (Fsp3) is 0.412. The zero-order chi connectivity index (χ0) is 15.0. The second-order valence-corrected chi connectivity index (χ2v) is 5.57. The molecule has 3 aliphatic rings. The highest BCUT2D eigenvalue weighted by atomic mass is 16.7. The summed E-state index contributed by atoms with van der Waals surface area (Å²) in [5, 5.41) is 0. The van der Waals surface area contributed by atoms with E-state index in [2.05, 4.69) is 6.58 Å². The lowest BCUT2D eigenvalue weighted by atomic mass is 9.92. The Bertz CT molecular complexity index is 594. The molecule has 1 aliphatic heterocycles. The summed E-state index contributed by atoms with van der Waals surface area (Å²) in [5.41, 5.74) is 2.66. The smallest absolute Gasteiger partial charge is 0.172 e. The number of carbonyl (C=O) groups excluding carboxylic acids is 2. The quantitative estimate of drug-likeness (QED) is 0.744. The molecule has 1 fully saturated rings. The van der Waals surface area contributed by atoms with Gasteiger partial charge in [0.2, 0.25) is 0 Å². The monoisotopic (exact) mass is 286 g/mol. The molecule has 4 heteroatoms. The number of ketones is 2.